The molecular weight excluding hydrogens is 470 g/mol. The van der Waals surface area contributed by atoms with Gasteiger partial charge in [-0.1, -0.05) is 27.3 Å². The van der Waals surface area contributed by atoms with Crippen LogP contribution in [0.2, 0.25) is 0 Å². The van der Waals surface area contributed by atoms with Gasteiger partial charge in [0.15, 0.2) is 10.7 Å². The molecule has 0 saturated carbocycles. The molecule has 1 aromatic heterocycles. The number of nitrogens with two attached hydrogens (primary N) is 1. The van der Waals surface area contributed by atoms with E-state index in [0.29, 0.717) is 16.6 Å². The third kappa shape index (κ3) is 4.13. The molecule has 0 saturated heterocycles. The highest BCUT2D eigenvalue weighted by molar-refractivity contribution is 9.11. The Hall–Kier alpha value is -1.64. The maximum atomic E-state index is 12.7. The summed E-state index contributed by atoms with van der Waals surface area (Å²) in [5, 5.41) is 3.38. The van der Waals surface area contributed by atoms with Crippen molar-refractivity contribution < 1.29 is 9.53 Å². The second kappa shape index (κ2) is 6.93. The summed E-state index contributed by atoms with van der Waals surface area (Å²) in [5.41, 5.74) is 6.15. The van der Waals surface area contributed by atoms with Crippen LogP contribution >= 0.6 is 43.2 Å². The molecule has 0 bridgehead atoms. The molecule has 8 heteroatoms. The summed E-state index contributed by atoms with van der Waals surface area (Å²) in [6.07, 6.45) is 0. The summed E-state index contributed by atoms with van der Waals surface area (Å²) in [4.78, 5) is 16.9. The van der Waals surface area contributed by atoms with E-state index in [1.807, 2.05) is 30.3 Å². The molecular formula is C17H15Br2N3O2S. The fourth-order valence-electron chi connectivity index (χ4n) is 2.20. The monoisotopic (exact) mass is 483 g/mol. The number of fused-ring (bicyclic) bond motifs is 1. The topological polar surface area (TPSA) is 77.2 Å². The number of anilines is 2. The van der Waals surface area contributed by atoms with Gasteiger partial charge < -0.3 is 15.8 Å². The van der Waals surface area contributed by atoms with Crippen molar-refractivity contribution in [2.24, 2.45) is 0 Å². The van der Waals surface area contributed by atoms with E-state index in [9.17, 15) is 4.79 Å². The first kappa shape index (κ1) is 18.2. The van der Waals surface area contributed by atoms with E-state index in [4.69, 9.17) is 10.5 Å². The number of nitrogens with one attached hydrogen (secondary N) is 1. The molecule has 0 atom stereocenters. The number of amides is 1. The molecule has 3 rings (SSSR count). The summed E-state index contributed by atoms with van der Waals surface area (Å²) in [7, 11) is 0. The van der Waals surface area contributed by atoms with Gasteiger partial charge in [0.2, 0.25) is 0 Å². The standard InChI is InChI=1S/C17H15Br2N3O2S/c1-17(2,24-11-5-3-9(18)4-6-11)15(23)21-10-7-12(19)14-13(8-10)25-16(20)22-14/h3-8H,1-2H3,(H2,20,22)(H,21,23). The van der Waals surface area contributed by atoms with Crippen molar-refractivity contribution in [2.75, 3.05) is 11.1 Å². The number of benzene rings is 2. The molecule has 1 amide bonds. The number of rotatable bonds is 4. The highest BCUT2D eigenvalue weighted by atomic mass is 79.9. The van der Waals surface area contributed by atoms with Gasteiger partial charge in [-0.3, -0.25) is 4.79 Å². The van der Waals surface area contributed by atoms with E-state index in [2.05, 4.69) is 42.2 Å². The minimum Gasteiger partial charge on any atom is -0.478 e. The summed E-state index contributed by atoms with van der Waals surface area (Å²) in [5.74, 6) is 0.370. The Balaban J connectivity index is 1.79. The van der Waals surface area contributed by atoms with Gasteiger partial charge in [0.25, 0.3) is 5.91 Å². The number of hydrogen-bond acceptors (Lipinski definition) is 5. The molecule has 0 aliphatic rings. The van der Waals surface area contributed by atoms with Crippen LogP contribution in [0.3, 0.4) is 0 Å². The molecule has 0 radical (unpaired) electrons. The van der Waals surface area contributed by atoms with Crippen molar-refractivity contribution in [3.8, 4) is 5.75 Å². The molecule has 0 aliphatic carbocycles. The van der Waals surface area contributed by atoms with Gasteiger partial charge in [-0.2, -0.15) is 0 Å². The number of ether oxygens (including phenoxy) is 1. The van der Waals surface area contributed by atoms with Crippen molar-refractivity contribution in [3.05, 3.63) is 45.3 Å². The molecule has 2 aromatic carbocycles. The predicted octanol–water partition coefficient (Wildman–Crippen LogP) is 5.20. The zero-order valence-electron chi connectivity index (χ0n) is 13.5. The highest BCUT2D eigenvalue weighted by Crippen LogP contribution is 2.33. The maximum absolute atomic E-state index is 12.7. The van der Waals surface area contributed by atoms with E-state index in [0.717, 1.165) is 19.2 Å². The first-order valence-electron chi connectivity index (χ1n) is 7.36. The Morgan fingerprint density at radius 3 is 2.60 bits per heavy atom. The summed E-state index contributed by atoms with van der Waals surface area (Å²) in [6, 6.07) is 11.0. The highest BCUT2D eigenvalue weighted by Gasteiger charge is 2.30. The van der Waals surface area contributed by atoms with Crippen LogP contribution in [0.15, 0.2) is 45.3 Å². The molecule has 0 spiro atoms. The SMILES string of the molecule is CC(C)(Oc1ccc(Br)cc1)C(=O)Nc1cc(Br)c2nc(N)sc2c1. The Morgan fingerprint density at radius 2 is 1.92 bits per heavy atom. The fourth-order valence-corrected chi connectivity index (χ4v) is 3.95. The number of carbonyl (C=O) groups excluding carboxylic acids is 1. The second-order valence-corrected chi connectivity index (χ2v) is 8.71. The lowest BCUT2D eigenvalue weighted by molar-refractivity contribution is -0.128. The Labute approximate surface area is 165 Å². The zero-order chi connectivity index (χ0) is 18.2. The van der Waals surface area contributed by atoms with Gasteiger partial charge in [0.1, 0.15) is 5.75 Å². The first-order valence-corrected chi connectivity index (χ1v) is 9.76. The lowest BCUT2D eigenvalue weighted by Gasteiger charge is -2.25. The molecule has 0 unspecified atom stereocenters. The molecule has 1 heterocycles. The van der Waals surface area contributed by atoms with Gasteiger partial charge in [-0.05, 0) is 66.2 Å². The van der Waals surface area contributed by atoms with Gasteiger partial charge in [0, 0.05) is 14.6 Å². The van der Waals surface area contributed by atoms with Crippen LogP contribution in [0.4, 0.5) is 10.8 Å². The number of nitrogens with zero attached hydrogens (tertiary/aromatic N) is 1. The largest absolute Gasteiger partial charge is 0.478 e. The van der Waals surface area contributed by atoms with E-state index in [-0.39, 0.29) is 5.91 Å². The van der Waals surface area contributed by atoms with Gasteiger partial charge >= 0.3 is 0 Å². The third-order valence-corrected chi connectivity index (χ3v) is 5.42. The number of hydrogen-bond donors (Lipinski definition) is 2. The number of nitrogen functional groups attached to an aromatic ring is 1. The zero-order valence-corrected chi connectivity index (χ0v) is 17.5. The van der Waals surface area contributed by atoms with Gasteiger partial charge in [-0.25, -0.2) is 4.98 Å². The molecule has 0 aliphatic heterocycles. The fraction of sp³-hybridized carbons (Fsp3) is 0.176. The summed E-state index contributed by atoms with van der Waals surface area (Å²) < 4.78 is 8.46. The van der Waals surface area contributed by atoms with Crippen molar-refractivity contribution >= 4 is 70.1 Å². The molecule has 25 heavy (non-hydrogen) atoms. The number of aromatic nitrogens is 1. The van der Waals surface area contributed by atoms with Crippen LogP contribution in [0.5, 0.6) is 5.75 Å². The van der Waals surface area contributed by atoms with E-state index in [1.165, 1.54) is 11.3 Å². The third-order valence-electron chi connectivity index (χ3n) is 3.46. The number of halogens is 2. The van der Waals surface area contributed by atoms with Crippen LogP contribution in [0, 0.1) is 0 Å². The quantitative estimate of drug-likeness (QED) is 0.533. The van der Waals surface area contributed by atoms with Crippen LogP contribution in [0.25, 0.3) is 10.2 Å². The maximum Gasteiger partial charge on any atom is 0.267 e. The Kier molecular flexibility index (Phi) is 5.04. The lowest BCUT2D eigenvalue weighted by atomic mass is 10.1. The summed E-state index contributed by atoms with van der Waals surface area (Å²) in [6.45, 7) is 3.45. The molecule has 3 N–H and O–H groups in total. The lowest BCUT2D eigenvalue weighted by Crippen LogP contribution is -2.42. The molecule has 3 aromatic rings. The van der Waals surface area contributed by atoms with Crippen molar-refractivity contribution in [1.29, 1.82) is 0 Å². The average molecular weight is 485 g/mol. The molecule has 0 fully saturated rings. The van der Waals surface area contributed by atoms with Crippen molar-refractivity contribution in [3.63, 3.8) is 0 Å². The predicted molar refractivity (Wildman–Crippen MR) is 109 cm³/mol. The van der Waals surface area contributed by atoms with Crippen LogP contribution < -0.4 is 15.8 Å². The minimum absolute atomic E-state index is 0.251. The van der Waals surface area contributed by atoms with Gasteiger partial charge in [-0.15, -0.1) is 0 Å². The normalized spacial score (nSPS) is 11.5. The molecule has 130 valence electrons. The summed E-state index contributed by atoms with van der Waals surface area (Å²) >= 11 is 8.21. The van der Waals surface area contributed by atoms with Crippen LogP contribution in [-0.2, 0) is 4.79 Å². The molecule has 5 nitrogen and oxygen atoms in total. The van der Waals surface area contributed by atoms with E-state index in [1.54, 1.807) is 19.9 Å². The smallest absolute Gasteiger partial charge is 0.267 e. The second-order valence-electron chi connectivity index (χ2n) is 5.88. The first-order chi connectivity index (χ1) is 11.7. The number of thiazole rings is 1. The minimum atomic E-state index is -1.04. The van der Waals surface area contributed by atoms with Crippen LogP contribution in [0.1, 0.15) is 13.8 Å². The number of carbonyl (C=O) groups is 1. The van der Waals surface area contributed by atoms with Gasteiger partial charge in [0.05, 0.1) is 10.2 Å². The van der Waals surface area contributed by atoms with Crippen molar-refractivity contribution in [2.45, 2.75) is 19.4 Å². The van der Waals surface area contributed by atoms with Crippen molar-refractivity contribution in [1.82, 2.24) is 4.98 Å². The Bertz CT molecular complexity index is 939. The van der Waals surface area contributed by atoms with E-state index >= 15 is 0 Å². The van der Waals surface area contributed by atoms with E-state index < -0.39 is 5.60 Å². The average Bonchev–Trinajstić information content (AvgIpc) is 2.90. The Morgan fingerprint density at radius 1 is 1.24 bits per heavy atom. The van der Waals surface area contributed by atoms with Crippen LogP contribution in [-0.4, -0.2) is 16.5 Å².